The molecule has 1 unspecified atom stereocenters. The molecule has 0 aromatic heterocycles. The number of carbonyl (C=O) groups is 3. The van der Waals surface area contributed by atoms with E-state index in [1.54, 1.807) is 5.32 Å². The molecule has 5 rings (SSSR count). The van der Waals surface area contributed by atoms with Gasteiger partial charge < -0.3 is 15.5 Å². The molecule has 1 spiro atoms. The summed E-state index contributed by atoms with van der Waals surface area (Å²) in [6.07, 6.45) is -5.80. The van der Waals surface area contributed by atoms with Crippen LogP contribution in [0.2, 0.25) is 20.1 Å². The summed E-state index contributed by atoms with van der Waals surface area (Å²) in [5.41, 5.74) is -2.36. The van der Waals surface area contributed by atoms with Crippen LogP contribution in [0.25, 0.3) is 0 Å². The van der Waals surface area contributed by atoms with E-state index in [0.717, 1.165) is 9.80 Å². The van der Waals surface area contributed by atoms with E-state index < -0.39 is 72.7 Å². The third-order valence-electron chi connectivity index (χ3n) is 7.63. The number of benzene rings is 2. The van der Waals surface area contributed by atoms with Crippen molar-refractivity contribution in [2.24, 2.45) is 11.8 Å². The molecule has 3 heterocycles. The smallest absolute Gasteiger partial charge is 0.347 e. The van der Waals surface area contributed by atoms with Gasteiger partial charge in [0.2, 0.25) is 11.8 Å². The Balaban J connectivity index is 1.72. The number of nitrogens with zero attached hydrogens (tertiary/aromatic N) is 2. The second-order valence-electron chi connectivity index (χ2n) is 10.1. The predicted octanol–water partition coefficient (Wildman–Crippen LogP) is 5.74. The zero-order valence-electron chi connectivity index (χ0n) is 20.8. The maximum Gasteiger partial charge on any atom is 0.405 e. The molecule has 4 atom stereocenters. The van der Waals surface area contributed by atoms with Crippen LogP contribution in [0.15, 0.2) is 30.3 Å². The van der Waals surface area contributed by atoms with E-state index in [0.29, 0.717) is 0 Å². The number of amides is 3. The van der Waals surface area contributed by atoms with Crippen molar-refractivity contribution in [2.75, 3.05) is 30.4 Å². The maximum atomic E-state index is 15.0. The van der Waals surface area contributed by atoms with Crippen LogP contribution in [0.4, 0.5) is 33.3 Å². The topological polar surface area (TPSA) is 81.8 Å². The summed E-state index contributed by atoms with van der Waals surface area (Å²) >= 11 is 24.6. The van der Waals surface area contributed by atoms with Crippen molar-refractivity contribution < 1.29 is 36.3 Å². The highest BCUT2D eigenvalue weighted by Gasteiger charge is 2.74. The Morgan fingerprint density at radius 2 is 1.68 bits per heavy atom. The lowest BCUT2D eigenvalue weighted by molar-refractivity contribution is -0.148. The molecule has 0 saturated carbocycles. The van der Waals surface area contributed by atoms with Crippen molar-refractivity contribution in [2.45, 2.75) is 30.1 Å². The molecular formula is C25H19Cl4F5N4O3. The molecule has 16 heteroatoms. The molecule has 2 saturated heterocycles. The highest BCUT2D eigenvalue weighted by molar-refractivity contribution is 6.38. The van der Waals surface area contributed by atoms with E-state index in [2.05, 4.69) is 5.32 Å². The van der Waals surface area contributed by atoms with Crippen molar-refractivity contribution in [3.05, 3.63) is 56.0 Å². The van der Waals surface area contributed by atoms with Gasteiger partial charge in [0.25, 0.3) is 11.8 Å². The molecule has 2 aromatic rings. The molecule has 3 aliphatic rings. The molecule has 0 radical (unpaired) electrons. The van der Waals surface area contributed by atoms with Gasteiger partial charge in [0, 0.05) is 45.8 Å². The number of carbonyl (C=O) groups excluding carboxylic acids is 3. The number of hydrogen-bond acceptors (Lipinski definition) is 4. The number of nitrogens with one attached hydrogen (secondary N) is 2. The van der Waals surface area contributed by atoms with Gasteiger partial charge in [0.1, 0.15) is 12.1 Å². The lowest BCUT2D eigenvalue weighted by Gasteiger charge is -2.37. The van der Waals surface area contributed by atoms with Crippen LogP contribution in [-0.2, 0) is 19.9 Å². The first-order chi connectivity index (χ1) is 19.0. The SMILES string of the molecule is CN(C(=O)[C@@H]1C2CC(F)(F)CN2[C@@]2(C(=O)Nc3c(Cl)cc(Cl)cc32)[C@@H]1C(=O)NCC(F)(F)F)c1cc(Cl)cc(Cl)c1. The molecule has 41 heavy (non-hydrogen) atoms. The minimum absolute atomic E-state index is 0.0259. The van der Waals surface area contributed by atoms with Gasteiger partial charge in [-0.3, -0.25) is 19.3 Å². The van der Waals surface area contributed by atoms with Gasteiger partial charge in [0.15, 0.2) is 0 Å². The Bertz CT molecular complexity index is 1460. The molecule has 2 fully saturated rings. The van der Waals surface area contributed by atoms with Crippen molar-refractivity contribution in [1.82, 2.24) is 10.2 Å². The van der Waals surface area contributed by atoms with E-state index in [9.17, 15) is 27.6 Å². The van der Waals surface area contributed by atoms with Gasteiger partial charge in [-0.2, -0.15) is 13.2 Å². The second-order valence-corrected chi connectivity index (χ2v) is 11.9. The van der Waals surface area contributed by atoms with Gasteiger partial charge in [-0.1, -0.05) is 46.4 Å². The Kier molecular flexibility index (Phi) is 7.42. The quantitative estimate of drug-likeness (QED) is 0.410. The molecule has 3 amide bonds. The van der Waals surface area contributed by atoms with Gasteiger partial charge >= 0.3 is 6.18 Å². The molecule has 7 nitrogen and oxygen atoms in total. The zero-order chi connectivity index (χ0) is 30.2. The molecule has 0 aliphatic carbocycles. The van der Waals surface area contributed by atoms with Gasteiger partial charge in [-0.05, 0) is 30.3 Å². The van der Waals surface area contributed by atoms with Crippen molar-refractivity contribution >= 4 is 75.5 Å². The van der Waals surface area contributed by atoms with Gasteiger partial charge in [0.05, 0.1) is 29.1 Å². The summed E-state index contributed by atoms with van der Waals surface area (Å²) in [5.74, 6) is -10.3. The summed E-state index contributed by atoms with van der Waals surface area (Å²) in [6.45, 7) is -2.85. The van der Waals surface area contributed by atoms with Crippen molar-refractivity contribution in [1.29, 1.82) is 0 Å². The fourth-order valence-electron chi connectivity index (χ4n) is 6.18. The van der Waals surface area contributed by atoms with Gasteiger partial charge in [-0.25, -0.2) is 8.78 Å². The number of halogens is 9. The number of hydrogen-bond donors (Lipinski definition) is 2. The molecule has 0 bridgehead atoms. The minimum Gasteiger partial charge on any atom is -0.347 e. The summed E-state index contributed by atoms with van der Waals surface area (Å²) in [7, 11) is 1.27. The summed E-state index contributed by atoms with van der Waals surface area (Å²) in [5, 5.41) is 4.39. The lowest BCUT2D eigenvalue weighted by atomic mass is 9.72. The molecule has 3 aliphatic heterocycles. The minimum atomic E-state index is -4.85. The van der Waals surface area contributed by atoms with Gasteiger partial charge in [-0.15, -0.1) is 0 Å². The van der Waals surface area contributed by atoms with E-state index in [-0.39, 0.29) is 37.0 Å². The van der Waals surface area contributed by atoms with E-state index in [4.69, 9.17) is 46.4 Å². The zero-order valence-corrected chi connectivity index (χ0v) is 23.8. The summed E-state index contributed by atoms with van der Waals surface area (Å²) in [6, 6.07) is 5.15. The van der Waals surface area contributed by atoms with Crippen LogP contribution in [-0.4, -0.2) is 60.9 Å². The molecule has 2 aromatic carbocycles. The van der Waals surface area contributed by atoms with Crippen LogP contribution in [0.5, 0.6) is 0 Å². The van der Waals surface area contributed by atoms with Crippen LogP contribution in [0.3, 0.4) is 0 Å². The maximum absolute atomic E-state index is 15.0. The summed E-state index contributed by atoms with van der Waals surface area (Å²) < 4.78 is 69.6. The van der Waals surface area contributed by atoms with Crippen molar-refractivity contribution in [3.8, 4) is 0 Å². The highest BCUT2D eigenvalue weighted by Crippen LogP contribution is 2.61. The molecule has 220 valence electrons. The predicted molar refractivity (Wildman–Crippen MR) is 143 cm³/mol. The monoisotopic (exact) mass is 658 g/mol. The third kappa shape index (κ3) is 5.01. The average molecular weight is 660 g/mol. The second kappa shape index (κ2) is 10.1. The first kappa shape index (κ1) is 30.1. The third-order valence-corrected chi connectivity index (χ3v) is 8.59. The summed E-state index contributed by atoms with van der Waals surface area (Å²) in [4.78, 5) is 43.6. The molecular weight excluding hydrogens is 641 g/mol. The first-order valence-electron chi connectivity index (χ1n) is 12.0. The lowest BCUT2D eigenvalue weighted by Crippen LogP contribution is -2.57. The normalized spacial score (nSPS) is 26.6. The largest absolute Gasteiger partial charge is 0.405 e. The number of anilines is 2. The van der Waals surface area contributed by atoms with Crippen LogP contribution in [0, 0.1) is 11.8 Å². The Morgan fingerprint density at radius 1 is 1.07 bits per heavy atom. The number of rotatable bonds is 4. The van der Waals surface area contributed by atoms with Crippen LogP contribution < -0.4 is 15.5 Å². The fraction of sp³-hybridized carbons (Fsp3) is 0.400. The number of fused-ring (bicyclic) bond motifs is 4. The Labute approximate surface area is 249 Å². The molecule has 2 N–H and O–H groups in total. The fourth-order valence-corrected chi connectivity index (χ4v) is 7.24. The average Bonchev–Trinajstić information content (AvgIpc) is 3.41. The first-order valence-corrected chi connectivity index (χ1v) is 13.5. The Morgan fingerprint density at radius 3 is 2.29 bits per heavy atom. The van der Waals surface area contributed by atoms with E-state index in [1.165, 1.54) is 37.4 Å². The van der Waals surface area contributed by atoms with Crippen molar-refractivity contribution in [3.63, 3.8) is 0 Å². The van der Waals surface area contributed by atoms with E-state index >= 15 is 8.78 Å². The van der Waals surface area contributed by atoms with E-state index in [1.807, 2.05) is 0 Å². The Hall–Kier alpha value is -2.38. The highest BCUT2D eigenvalue weighted by atomic mass is 35.5. The standard InChI is InChI=1S/C25H19Cl4F5N4O3/c1-37(13-3-10(26)2-11(27)4-13)21(40)17-16-7-23(30,31)9-38(16)25(18(17)20(39)35-8-24(32,33)34)14-5-12(28)6-15(29)19(14)36-22(25)41/h2-6,16-18H,7-9H2,1H3,(H,35,39)(H,36,41)/t16?,17-,18+,25-/m1/s1. The van der Waals surface area contributed by atoms with Crippen LogP contribution >= 0.6 is 46.4 Å². The van der Waals surface area contributed by atoms with Crippen LogP contribution in [0.1, 0.15) is 12.0 Å². The number of alkyl halides is 5.